The van der Waals surface area contributed by atoms with Crippen LogP contribution < -0.4 is 15.4 Å². The Labute approximate surface area is 153 Å². The summed E-state index contributed by atoms with van der Waals surface area (Å²) in [5, 5.41) is 6.18. The van der Waals surface area contributed by atoms with Gasteiger partial charge in [0.05, 0.1) is 24.6 Å². The van der Waals surface area contributed by atoms with Crippen LogP contribution in [-0.2, 0) is 0 Å². The first-order valence-electron chi connectivity index (χ1n) is 8.39. The van der Waals surface area contributed by atoms with E-state index in [4.69, 9.17) is 4.74 Å². The molecule has 2 aromatic carbocycles. The number of benzene rings is 2. The lowest BCUT2D eigenvalue weighted by Gasteiger charge is -2.15. The summed E-state index contributed by atoms with van der Waals surface area (Å²) >= 11 is 0. The van der Waals surface area contributed by atoms with E-state index in [9.17, 15) is 4.79 Å². The zero-order valence-corrected chi connectivity index (χ0v) is 14.8. The fraction of sp³-hybridized carbons (Fsp3) is 0.143. The SMILES string of the molecule is COc1ccccc1C(=O)Nc1ccc(NC(C)c2ccccc2)nc1. The van der Waals surface area contributed by atoms with Gasteiger partial charge in [-0.05, 0) is 36.8 Å². The lowest BCUT2D eigenvalue weighted by atomic mass is 10.1. The topological polar surface area (TPSA) is 63.2 Å². The summed E-state index contributed by atoms with van der Waals surface area (Å²) in [5.74, 6) is 1.05. The van der Waals surface area contributed by atoms with Crippen molar-refractivity contribution in [1.82, 2.24) is 4.98 Å². The molecule has 5 heteroatoms. The zero-order chi connectivity index (χ0) is 18.4. The number of aromatic nitrogens is 1. The lowest BCUT2D eigenvalue weighted by Crippen LogP contribution is -2.13. The molecule has 3 aromatic rings. The third kappa shape index (κ3) is 4.19. The van der Waals surface area contributed by atoms with Crippen molar-refractivity contribution in [3.8, 4) is 5.75 Å². The van der Waals surface area contributed by atoms with Gasteiger partial charge < -0.3 is 15.4 Å². The lowest BCUT2D eigenvalue weighted by molar-refractivity contribution is 0.102. The van der Waals surface area contributed by atoms with Crippen LogP contribution in [0.3, 0.4) is 0 Å². The molecule has 1 unspecified atom stereocenters. The van der Waals surface area contributed by atoms with Gasteiger partial charge in [-0.3, -0.25) is 4.79 Å². The molecule has 0 aliphatic carbocycles. The second-order valence-corrected chi connectivity index (χ2v) is 5.86. The van der Waals surface area contributed by atoms with Crippen LogP contribution in [-0.4, -0.2) is 18.0 Å². The minimum absolute atomic E-state index is 0.137. The van der Waals surface area contributed by atoms with Crippen molar-refractivity contribution < 1.29 is 9.53 Å². The number of methoxy groups -OCH3 is 1. The number of para-hydroxylation sites is 1. The molecule has 1 aromatic heterocycles. The molecule has 0 bridgehead atoms. The fourth-order valence-electron chi connectivity index (χ4n) is 2.63. The third-order valence-corrected chi connectivity index (χ3v) is 4.04. The molecule has 0 saturated carbocycles. The summed E-state index contributed by atoms with van der Waals surface area (Å²) in [6.45, 7) is 2.08. The Morgan fingerprint density at radius 2 is 1.73 bits per heavy atom. The number of pyridine rings is 1. The van der Waals surface area contributed by atoms with Crippen molar-refractivity contribution in [2.75, 3.05) is 17.7 Å². The highest BCUT2D eigenvalue weighted by molar-refractivity contribution is 6.06. The summed E-state index contributed by atoms with van der Waals surface area (Å²) in [6.07, 6.45) is 1.63. The number of nitrogens with zero attached hydrogens (tertiary/aromatic N) is 1. The van der Waals surface area contributed by atoms with Crippen molar-refractivity contribution in [2.24, 2.45) is 0 Å². The van der Waals surface area contributed by atoms with Gasteiger partial charge >= 0.3 is 0 Å². The van der Waals surface area contributed by atoms with E-state index in [1.165, 1.54) is 5.56 Å². The molecule has 0 aliphatic heterocycles. The van der Waals surface area contributed by atoms with Gasteiger partial charge in [0.1, 0.15) is 11.6 Å². The van der Waals surface area contributed by atoms with E-state index in [-0.39, 0.29) is 11.9 Å². The van der Waals surface area contributed by atoms with Crippen LogP contribution in [0.5, 0.6) is 5.75 Å². The monoisotopic (exact) mass is 347 g/mol. The molecule has 26 heavy (non-hydrogen) atoms. The summed E-state index contributed by atoms with van der Waals surface area (Å²) in [6, 6.07) is 21.1. The van der Waals surface area contributed by atoms with E-state index in [2.05, 4.69) is 34.7 Å². The summed E-state index contributed by atoms with van der Waals surface area (Å²) in [4.78, 5) is 16.8. The molecule has 0 saturated heterocycles. The van der Waals surface area contributed by atoms with E-state index in [0.717, 1.165) is 5.82 Å². The Morgan fingerprint density at radius 1 is 1.00 bits per heavy atom. The van der Waals surface area contributed by atoms with Crippen molar-refractivity contribution in [3.63, 3.8) is 0 Å². The number of hydrogen-bond donors (Lipinski definition) is 2. The Balaban J connectivity index is 1.65. The van der Waals surface area contributed by atoms with E-state index < -0.39 is 0 Å². The highest BCUT2D eigenvalue weighted by atomic mass is 16.5. The summed E-state index contributed by atoms with van der Waals surface area (Å²) < 4.78 is 5.22. The first kappa shape index (κ1) is 17.5. The number of ether oxygens (including phenoxy) is 1. The maximum Gasteiger partial charge on any atom is 0.259 e. The smallest absolute Gasteiger partial charge is 0.259 e. The highest BCUT2D eigenvalue weighted by Gasteiger charge is 2.12. The molecule has 5 nitrogen and oxygen atoms in total. The van der Waals surface area contributed by atoms with Crippen LogP contribution in [0.1, 0.15) is 28.9 Å². The highest BCUT2D eigenvalue weighted by Crippen LogP contribution is 2.21. The van der Waals surface area contributed by atoms with E-state index >= 15 is 0 Å². The molecule has 0 aliphatic rings. The maximum atomic E-state index is 12.4. The molecule has 3 rings (SSSR count). The van der Waals surface area contributed by atoms with Crippen molar-refractivity contribution in [3.05, 3.63) is 84.1 Å². The first-order valence-corrected chi connectivity index (χ1v) is 8.39. The van der Waals surface area contributed by atoms with Gasteiger partial charge in [-0.1, -0.05) is 42.5 Å². The number of nitrogens with one attached hydrogen (secondary N) is 2. The van der Waals surface area contributed by atoms with Crippen LogP contribution in [0.15, 0.2) is 72.9 Å². The van der Waals surface area contributed by atoms with Crippen LogP contribution in [0, 0.1) is 0 Å². The standard InChI is InChI=1S/C21H21N3O2/c1-15(16-8-4-3-5-9-16)23-20-13-12-17(14-22-20)24-21(25)18-10-6-7-11-19(18)26-2/h3-15H,1-2H3,(H,22,23)(H,24,25). The van der Waals surface area contributed by atoms with E-state index in [1.54, 1.807) is 31.5 Å². The van der Waals surface area contributed by atoms with E-state index in [0.29, 0.717) is 17.0 Å². The predicted octanol–water partition coefficient (Wildman–Crippen LogP) is 4.52. The molecule has 132 valence electrons. The van der Waals surface area contributed by atoms with Crippen LogP contribution in [0.2, 0.25) is 0 Å². The first-order chi connectivity index (χ1) is 12.7. The van der Waals surface area contributed by atoms with Gasteiger partial charge in [0.25, 0.3) is 5.91 Å². The largest absolute Gasteiger partial charge is 0.496 e. The minimum Gasteiger partial charge on any atom is -0.496 e. The van der Waals surface area contributed by atoms with Crippen molar-refractivity contribution in [1.29, 1.82) is 0 Å². The number of hydrogen-bond acceptors (Lipinski definition) is 4. The molecule has 0 radical (unpaired) electrons. The maximum absolute atomic E-state index is 12.4. The van der Waals surface area contributed by atoms with Crippen molar-refractivity contribution >= 4 is 17.4 Å². The molecule has 0 fully saturated rings. The number of carbonyl (C=O) groups excluding carboxylic acids is 1. The quantitative estimate of drug-likeness (QED) is 0.688. The molecule has 2 N–H and O–H groups in total. The second-order valence-electron chi connectivity index (χ2n) is 5.86. The average molecular weight is 347 g/mol. The zero-order valence-electron chi connectivity index (χ0n) is 14.8. The minimum atomic E-state index is -0.234. The van der Waals surface area contributed by atoms with Gasteiger partial charge in [0, 0.05) is 6.04 Å². The molecule has 1 amide bonds. The Morgan fingerprint density at radius 3 is 2.42 bits per heavy atom. The van der Waals surface area contributed by atoms with Crippen molar-refractivity contribution in [2.45, 2.75) is 13.0 Å². The molecule has 0 spiro atoms. The summed E-state index contributed by atoms with van der Waals surface area (Å²) in [7, 11) is 1.54. The normalized spacial score (nSPS) is 11.5. The van der Waals surface area contributed by atoms with Gasteiger partial charge in [0.2, 0.25) is 0 Å². The Kier molecular flexibility index (Phi) is 5.49. The molecule has 1 heterocycles. The van der Waals surface area contributed by atoms with Gasteiger partial charge in [-0.15, -0.1) is 0 Å². The Bertz CT molecular complexity index is 864. The average Bonchev–Trinajstić information content (AvgIpc) is 2.70. The molecule has 1 atom stereocenters. The fourth-order valence-corrected chi connectivity index (χ4v) is 2.63. The number of amides is 1. The van der Waals surface area contributed by atoms with Gasteiger partial charge in [-0.25, -0.2) is 4.98 Å². The van der Waals surface area contributed by atoms with Crippen LogP contribution in [0.4, 0.5) is 11.5 Å². The Hall–Kier alpha value is -3.34. The second kappa shape index (κ2) is 8.16. The molecular weight excluding hydrogens is 326 g/mol. The van der Waals surface area contributed by atoms with Crippen LogP contribution in [0.25, 0.3) is 0 Å². The predicted molar refractivity (Wildman–Crippen MR) is 104 cm³/mol. The third-order valence-electron chi connectivity index (χ3n) is 4.04. The van der Waals surface area contributed by atoms with E-state index in [1.807, 2.05) is 36.4 Å². The number of rotatable bonds is 6. The van der Waals surface area contributed by atoms with Gasteiger partial charge in [-0.2, -0.15) is 0 Å². The van der Waals surface area contributed by atoms with Gasteiger partial charge in [0.15, 0.2) is 0 Å². The number of anilines is 2. The molecular formula is C21H21N3O2. The number of carbonyl (C=O) groups is 1. The summed E-state index contributed by atoms with van der Waals surface area (Å²) in [5.41, 5.74) is 2.29. The van der Waals surface area contributed by atoms with Crippen LogP contribution >= 0.6 is 0 Å².